The third-order valence-corrected chi connectivity index (χ3v) is 4.58. The quantitative estimate of drug-likeness (QED) is 0.928. The fourth-order valence-corrected chi connectivity index (χ4v) is 3.58. The number of hydrogen-bond acceptors (Lipinski definition) is 3. The molecule has 1 aliphatic carbocycles. The number of hydrazine groups is 1. The first-order valence-electron chi connectivity index (χ1n) is 8.14. The lowest BCUT2D eigenvalue weighted by Crippen LogP contribution is -2.53. The predicted octanol–water partition coefficient (Wildman–Crippen LogP) is 2.91. The molecule has 0 aromatic heterocycles. The van der Waals surface area contributed by atoms with Gasteiger partial charge in [0.2, 0.25) is 5.91 Å². The maximum absolute atomic E-state index is 12.1. The molecule has 1 aliphatic heterocycles. The fourth-order valence-electron chi connectivity index (χ4n) is 3.58. The molecule has 1 aromatic rings. The molecule has 21 heavy (non-hydrogen) atoms. The largest absolute Gasteiger partial charge is 0.293 e. The molecule has 1 N–H and O–H groups in total. The molecule has 0 bridgehead atoms. The van der Waals surface area contributed by atoms with Gasteiger partial charge in [-0.15, -0.1) is 0 Å². The van der Waals surface area contributed by atoms with Gasteiger partial charge < -0.3 is 0 Å². The number of hydrogen-bond donors (Lipinski definition) is 1. The zero-order chi connectivity index (χ0) is 14.7. The average molecular weight is 287 g/mol. The SMILES string of the molecule is CC(=O)N1[C@@H](NC2CCCCC2)CCN1c1ccccc1. The first-order chi connectivity index (χ1) is 10.3. The van der Waals surface area contributed by atoms with Crippen molar-refractivity contribution in [2.24, 2.45) is 0 Å². The highest BCUT2D eigenvalue weighted by molar-refractivity contribution is 5.76. The summed E-state index contributed by atoms with van der Waals surface area (Å²) in [5.74, 6) is 0.115. The van der Waals surface area contributed by atoms with Crippen LogP contribution in [0.2, 0.25) is 0 Å². The molecule has 4 heteroatoms. The average Bonchev–Trinajstić information content (AvgIpc) is 2.93. The monoisotopic (exact) mass is 287 g/mol. The molecular formula is C17H25N3O. The van der Waals surface area contributed by atoms with Crippen LogP contribution in [0.4, 0.5) is 5.69 Å². The Bertz CT molecular complexity index is 470. The maximum Gasteiger partial charge on any atom is 0.239 e. The highest BCUT2D eigenvalue weighted by Crippen LogP contribution is 2.26. The van der Waals surface area contributed by atoms with Crippen molar-refractivity contribution in [1.82, 2.24) is 10.3 Å². The maximum atomic E-state index is 12.1. The Labute approximate surface area is 127 Å². The van der Waals surface area contributed by atoms with Crippen LogP contribution in [0, 0.1) is 0 Å². The van der Waals surface area contributed by atoms with E-state index in [1.165, 1.54) is 32.1 Å². The van der Waals surface area contributed by atoms with Gasteiger partial charge in [-0.3, -0.25) is 15.1 Å². The van der Waals surface area contributed by atoms with Crippen LogP contribution in [-0.2, 0) is 4.79 Å². The minimum absolute atomic E-state index is 0.115. The van der Waals surface area contributed by atoms with Crippen LogP contribution in [0.25, 0.3) is 0 Å². The van der Waals surface area contributed by atoms with Gasteiger partial charge in [0.15, 0.2) is 0 Å². The second-order valence-electron chi connectivity index (χ2n) is 6.13. The minimum Gasteiger partial charge on any atom is -0.293 e. The Morgan fingerprint density at radius 3 is 2.48 bits per heavy atom. The van der Waals surface area contributed by atoms with Gasteiger partial charge in [-0.25, -0.2) is 5.01 Å². The second-order valence-corrected chi connectivity index (χ2v) is 6.13. The van der Waals surface area contributed by atoms with Gasteiger partial charge in [0.1, 0.15) is 6.17 Å². The summed E-state index contributed by atoms with van der Waals surface area (Å²) in [5, 5.41) is 7.73. The minimum atomic E-state index is 0.115. The number of anilines is 1. The van der Waals surface area contributed by atoms with Crippen molar-refractivity contribution < 1.29 is 4.79 Å². The van der Waals surface area contributed by atoms with Crippen molar-refractivity contribution in [2.75, 3.05) is 11.6 Å². The van der Waals surface area contributed by atoms with Crippen molar-refractivity contribution in [3.63, 3.8) is 0 Å². The van der Waals surface area contributed by atoms with E-state index in [0.29, 0.717) is 6.04 Å². The standard InChI is InChI=1S/C17H25N3O/c1-14(21)20-17(18-15-8-4-2-5-9-15)12-13-19(20)16-10-6-3-7-11-16/h3,6-7,10-11,15,17-18H,2,4-5,8-9,12-13H2,1H3/t17-/m1/s1. The summed E-state index contributed by atoms with van der Waals surface area (Å²) in [6.07, 6.45) is 7.60. The molecule has 2 fully saturated rings. The number of nitrogens with zero attached hydrogens (tertiary/aromatic N) is 2. The van der Waals surface area contributed by atoms with E-state index in [1.807, 2.05) is 23.2 Å². The van der Waals surface area contributed by atoms with Crippen LogP contribution in [0.15, 0.2) is 30.3 Å². The first kappa shape index (κ1) is 14.4. The van der Waals surface area contributed by atoms with Gasteiger partial charge in [0.25, 0.3) is 0 Å². The summed E-state index contributed by atoms with van der Waals surface area (Å²) < 4.78 is 0. The van der Waals surface area contributed by atoms with E-state index in [4.69, 9.17) is 0 Å². The molecule has 3 rings (SSSR count). The van der Waals surface area contributed by atoms with Gasteiger partial charge in [0.05, 0.1) is 5.69 Å². The molecule has 0 unspecified atom stereocenters. The van der Waals surface area contributed by atoms with E-state index < -0.39 is 0 Å². The second kappa shape index (κ2) is 6.48. The molecule has 114 valence electrons. The molecule has 1 amide bonds. The Morgan fingerprint density at radius 1 is 1.10 bits per heavy atom. The van der Waals surface area contributed by atoms with Crippen molar-refractivity contribution in [3.8, 4) is 0 Å². The number of rotatable bonds is 3. The number of benzene rings is 1. The normalized spacial score (nSPS) is 23.6. The molecule has 1 aromatic carbocycles. The van der Waals surface area contributed by atoms with E-state index >= 15 is 0 Å². The fraction of sp³-hybridized carbons (Fsp3) is 0.588. The Hall–Kier alpha value is -1.55. The number of carbonyl (C=O) groups is 1. The Morgan fingerprint density at radius 2 is 1.81 bits per heavy atom. The van der Waals surface area contributed by atoms with Gasteiger partial charge >= 0.3 is 0 Å². The zero-order valence-corrected chi connectivity index (χ0v) is 12.8. The van der Waals surface area contributed by atoms with Crippen molar-refractivity contribution >= 4 is 11.6 Å². The van der Waals surface area contributed by atoms with Gasteiger partial charge in [-0.1, -0.05) is 37.5 Å². The topological polar surface area (TPSA) is 35.6 Å². The van der Waals surface area contributed by atoms with Crippen molar-refractivity contribution in [2.45, 2.75) is 57.7 Å². The summed E-state index contributed by atoms with van der Waals surface area (Å²) in [7, 11) is 0. The Balaban J connectivity index is 1.71. The number of para-hydroxylation sites is 1. The summed E-state index contributed by atoms with van der Waals surface area (Å²) >= 11 is 0. The van der Waals surface area contributed by atoms with Crippen LogP contribution in [-0.4, -0.2) is 29.7 Å². The van der Waals surface area contributed by atoms with E-state index in [0.717, 1.165) is 18.7 Å². The van der Waals surface area contributed by atoms with Crippen LogP contribution in [0.3, 0.4) is 0 Å². The number of carbonyl (C=O) groups excluding carboxylic acids is 1. The third kappa shape index (κ3) is 3.21. The van der Waals surface area contributed by atoms with Crippen molar-refractivity contribution in [3.05, 3.63) is 30.3 Å². The molecule has 0 spiro atoms. The number of nitrogens with one attached hydrogen (secondary N) is 1. The summed E-state index contributed by atoms with van der Waals surface area (Å²) in [6.45, 7) is 2.56. The van der Waals surface area contributed by atoms with E-state index in [-0.39, 0.29) is 12.1 Å². The molecule has 4 nitrogen and oxygen atoms in total. The van der Waals surface area contributed by atoms with Gasteiger partial charge in [-0.05, 0) is 25.0 Å². The highest BCUT2D eigenvalue weighted by atomic mass is 16.2. The smallest absolute Gasteiger partial charge is 0.239 e. The zero-order valence-electron chi connectivity index (χ0n) is 12.8. The lowest BCUT2D eigenvalue weighted by Gasteiger charge is -2.35. The molecule has 1 atom stereocenters. The van der Waals surface area contributed by atoms with E-state index in [9.17, 15) is 4.79 Å². The molecule has 1 saturated heterocycles. The van der Waals surface area contributed by atoms with Crippen LogP contribution < -0.4 is 10.3 Å². The summed E-state index contributed by atoms with van der Waals surface area (Å²) in [4.78, 5) is 12.1. The highest BCUT2D eigenvalue weighted by Gasteiger charge is 2.35. The number of amides is 1. The van der Waals surface area contributed by atoms with Gasteiger partial charge in [-0.2, -0.15) is 0 Å². The van der Waals surface area contributed by atoms with Crippen LogP contribution >= 0.6 is 0 Å². The summed E-state index contributed by atoms with van der Waals surface area (Å²) in [5.41, 5.74) is 1.10. The molecular weight excluding hydrogens is 262 g/mol. The van der Waals surface area contributed by atoms with Crippen molar-refractivity contribution in [1.29, 1.82) is 0 Å². The first-order valence-corrected chi connectivity index (χ1v) is 8.14. The molecule has 0 radical (unpaired) electrons. The van der Waals surface area contributed by atoms with Crippen LogP contribution in [0.5, 0.6) is 0 Å². The lowest BCUT2D eigenvalue weighted by atomic mass is 9.95. The Kier molecular flexibility index (Phi) is 4.44. The van der Waals surface area contributed by atoms with E-state index in [2.05, 4.69) is 22.5 Å². The van der Waals surface area contributed by atoms with Crippen LogP contribution in [0.1, 0.15) is 45.4 Å². The van der Waals surface area contributed by atoms with E-state index in [1.54, 1.807) is 6.92 Å². The molecule has 2 aliphatic rings. The third-order valence-electron chi connectivity index (χ3n) is 4.58. The molecule has 1 saturated carbocycles. The summed E-state index contributed by atoms with van der Waals surface area (Å²) in [6, 6.07) is 10.8. The lowest BCUT2D eigenvalue weighted by molar-refractivity contribution is -0.131. The van der Waals surface area contributed by atoms with Gasteiger partial charge in [0, 0.05) is 25.9 Å². The molecule has 1 heterocycles. The predicted molar refractivity (Wildman–Crippen MR) is 84.7 cm³/mol.